The van der Waals surface area contributed by atoms with Gasteiger partial charge in [0.05, 0.1) is 18.0 Å². The zero-order chi connectivity index (χ0) is 22.0. The number of carbonyl (C=O) groups is 3. The van der Waals surface area contributed by atoms with Crippen molar-refractivity contribution in [3.8, 4) is 5.75 Å². The third kappa shape index (κ3) is 9.61. The molecule has 1 aromatic carbocycles. The van der Waals surface area contributed by atoms with Crippen LogP contribution in [0.5, 0.6) is 5.75 Å². The van der Waals surface area contributed by atoms with Gasteiger partial charge >= 0.3 is 18.0 Å². The average molecular weight is 409 g/mol. The number of esters is 2. The number of amides is 1. The molecule has 160 valence electrons. The number of alkyl carbamates (subject to hydrolysis) is 1. The molecule has 29 heavy (non-hydrogen) atoms. The predicted molar refractivity (Wildman–Crippen MR) is 103 cm³/mol. The Morgan fingerprint density at radius 1 is 1.24 bits per heavy atom. The largest absolute Gasteiger partial charge is 0.508 e. The Morgan fingerprint density at radius 3 is 2.52 bits per heavy atom. The van der Waals surface area contributed by atoms with Crippen molar-refractivity contribution < 1.29 is 38.8 Å². The standard InChI is InChI=1S/C20H27NO8/c1-5-9-27-19(26)21-15(11-17(24)29-20(2,3)4)16(23)12-28-18(25)13-7-6-8-14(22)10-13/h5-8,10,15-16,22-23H,1,9,11-12H2,2-4H3,(H,21,26). The zero-order valence-electron chi connectivity index (χ0n) is 16.7. The lowest BCUT2D eigenvalue weighted by Crippen LogP contribution is -2.47. The Balaban J connectivity index is 2.75. The summed E-state index contributed by atoms with van der Waals surface area (Å²) in [7, 11) is 0. The molecule has 2 unspecified atom stereocenters. The molecule has 1 aromatic rings. The molecule has 0 saturated heterocycles. The number of hydrogen-bond acceptors (Lipinski definition) is 8. The number of aliphatic hydroxyl groups is 1. The summed E-state index contributed by atoms with van der Waals surface area (Å²) in [5, 5.41) is 22.1. The number of aliphatic hydroxyl groups excluding tert-OH is 1. The first kappa shape index (κ1) is 24.0. The summed E-state index contributed by atoms with van der Waals surface area (Å²) >= 11 is 0. The van der Waals surface area contributed by atoms with Crippen molar-refractivity contribution in [1.82, 2.24) is 5.32 Å². The lowest BCUT2D eigenvalue weighted by Gasteiger charge is -2.25. The molecular formula is C20H27NO8. The van der Waals surface area contributed by atoms with E-state index in [0.29, 0.717) is 0 Å². The molecule has 0 fully saturated rings. The van der Waals surface area contributed by atoms with Crippen LogP contribution >= 0.6 is 0 Å². The molecule has 2 atom stereocenters. The smallest absolute Gasteiger partial charge is 0.407 e. The first-order valence-corrected chi connectivity index (χ1v) is 8.92. The van der Waals surface area contributed by atoms with Gasteiger partial charge in [0.15, 0.2) is 0 Å². The molecule has 0 aliphatic carbocycles. The number of benzene rings is 1. The molecule has 9 nitrogen and oxygen atoms in total. The van der Waals surface area contributed by atoms with Gasteiger partial charge in [-0.1, -0.05) is 18.7 Å². The fraction of sp³-hybridized carbons (Fsp3) is 0.450. The fourth-order valence-corrected chi connectivity index (χ4v) is 2.17. The van der Waals surface area contributed by atoms with E-state index in [0.717, 1.165) is 0 Å². The number of aromatic hydroxyl groups is 1. The lowest BCUT2D eigenvalue weighted by atomic mass is 10.1. The highest BCUT2D eigenvalue weighted by atomic mass is 16.6. The third-order valence-electron chi connectivity index (χ3n) is 3.37. The maximum Gasteiger partial charge on any atom is 0.407 e. The summed E-state index contributed by atoms with van der Waals surface area (Å²) < 4.78 is 15.0. The van der Waals surface area contributed by atoms with Gasteiger partial charge < -0.3 is 29.7 Å². The van der Waals surface area contributed by atoms with Crippen molar-refractivity contribution in [1.29, 1.82) is 0 Å². The van der Waals surface area contributed by atoms with Crippen LogP contribution in [0.1, 0.15) is 37.6 Å². The fourth-order valence-electron chi connectivity index (χ4n) is 2.17. The first-order valence-electron chi connectivity index (χ1n) is 8.92. The van der Waals surface area contributed by atoms with Crippen molar-refractivity contribution in [2.24, 2.45) is 0 Å². The minimum Gasteiger partial charge on any atom is -0.508 e. The Hall–Kier alpha value is -3.07. The molecule has 0 aromatic heterocycles. The Labute approximate surface area is 169 Å². The Bertz CT molecular complexity index is 725. The number of carbonyl (C=O) groups excluding carboxylic acids is 3. The van der Waals surface area contributed by atoms with Crippen LogP contribution < -0.4 is 5.32 Å². The maximum atomic E-state index is 12.1. The van der Waals surface area contributed by atoms with Gasteiger partial charge in [0.2, 0.25) is 0 Å². The third-order valence-corrected chi connectivity index (χ3v) is 3.37. The van der Waals surface area contributed by atoms with Crippen molar-refractivity contribution in [3.63, 3.8) is 0 Å². The van der Waals surface area contributed by atoms with Gasteiger partial charge in [-0.2, -0.15) is 0 Å². The summed E-state index contributed by atoms with van der Waals surface area (Å²) in [5.74, 6) is -1.57. The second-order valence-corrected chi connectivity index (χ2v) is 7.14. The summed E-state index contributed by atoms with van der Waals surface area (Å²) in [5.41, 5.74) is -0.670. The van der Waals surface area contributed by atoms with E-state index in [-0.39, 0.29) is 24.3 Å². The molecule has 3 N–H and O–H groups in total. The molecule has 0 heterocycles. The topological polar surface area (TPSA) is 131 Å². The van der Waals surface area contributed by atoms with Crippen molar-refractivity contribution in [2.75, 3.05) is 13.2 Å². The summed E-state index contributed by atoms with van der Waals surface area (Å²) in [6.07, 6.45) is -1.31. The molecule has 0 aliphatic rings. The van der Waals surface area contributed by atoms with Gasteiger partial charge in [0.25, 0.3) is 0 Å². The van der Waals surface area contributed by atoms with E-state index in [4.69, 9.17) is 14.2 Å². The van der Waals surface area contributed by atoms with Crippen LogP contribution in [0, 0.1) is 0 Å². The van der Waals surface area contributed by atoms with Crippen molar-refractivity contribution in [3.05, 3.63) is 42.5 Å². The van der Waals surface area contributed by atoms with E-state index < -0.39 is 42.4 Å². The van der Waals surface area contributed by atoms with E-state index in [1.807, 2.05) is 0 Å². The molecule has 9 heteroatoms. The minimum absolute atomic E-state index is 0.0619. The van der Waals surface area contributed by atoms with E-state index in [1.54, 1.807) is 20.8 Å². The Morgan fingerprint density at radius 2 is 1.93 bits per heavy atom. The number of ether oxygens (including phenoxy) is 3. The molecule has 0 saturated carbocycles. The molecule has 1 amide bonds. The quantitative estimate of drug-likeness (QED) is 0.320. The summed E-state index contributed by atoms with van der Waals surface area (Å²) in [6, 6.07) is 4.36. The van der Waals surface area contributed by atoms with Crippen LogP contribution in [-0.4, -0.2) is 59.2 Å². The van der Waals surface area contributed by atoms with Crippen LogP contribution in [-0.2, 0) is 19.0 Å². The van der Waals surface area contributed by atoms with Gasteiger partial charge in [-0.25, -0.2) is 9.59 Å². The normalized spacial score (nSPS) is 13.0. The van der Waals surface area contributed by atoms with Crippen LogP contribution in [0.25, 0.3) is 0 Å². The molecular weight excluding hydrogens is 382 g/mol. The highest BCUT2D eigenvalue weighted by molar-refractivity contribution is 5.89. The number of phenolic OH excluding ortho intramolecular Hbond substituents is 1. The average Bonchev–Trinajstić information content (AvgIpc) is 2.62. The highest BCUT2D eigenvalue weighted by Gasteiger charge is 2.28. The SMILES string of the molecule is C=CCOC(=O)NC(CC(=O)OC(C)(C)C)C(O)COC(=O)c1cccc(O)c1. The maximum absolute atomic E-state index is 12.1. The predicted octanol–water partition coefficient (Wildman–Crippen LogP) is 1.92. The highest BCUT2D eigenvalue weighted by Crippen LogP contribution is 2.14. The van der Waals surface area contributed by atoms with E-state index in [1.165, 1.54) is 30.3 Å². The second kappa shape index (κ2) is 11.1. The van der Waals surface area contributed by atoms with Crippen LogP contribution in [0.4, 0.5) is 4.79 Å². The molecule has 0 radical (unpaired) electrons. The molecule has 0 bridgehead atoms. The van der Waals surface area contributed by atoms with Crippen molar-refractivity contribution in [2.45, 2.75) is 44.9 Å². The number of rotatable bonds is 9. The van der Waals surface area contributed by atoms with Crippen LogP contribution in [0.2, 0.25) is 0 Å². The number of phenols is 1. The lowest BCUT2D eigenvalue weighted by molar-refractivity contribution is -0.156. The van der Waals surface area contributed by atoms with E-state index >= 15 is 0 Å². The number of nitrogens with one attached hydrogen (secondary N) is 1. The number of hydrogen-bond donors (Lipinski definition) is 3. The zero-order valence-corrected chi connectivity index (χ0v) is 16.7. The van der Waals surface area contributed by atoms with Crippen LogP contribution in [0.3, 0.4) is 0 Å². The molecule has 0 aliphatic heterocycles. The monoisotopic (exact) mass is 409 g/mol. The second-order valence-electron chi connectivity index (χ2n) is 7.14. The van der Waals surface area contributed by atoms with Gasteiger partial charge in [-0.05, 0) is 39.0 Å². The first-order chi connectivity index (χ1) is 13.5. The summed E-state index contributed by atoms with van der Waals surface area (Å²) in [6.45, 7) is 7.88. The van der Waals surface area contributed by atoms with Gasteiger partial charge in [0, 0.05) is 0 Å². The summed E-state index contributed by atoms with van der Waals surface area (Å²) in [4.78, 5) is 35.9. The molecule has 1 rings (SSSR count). The van der Waals surface area contributed by atoms with Gasteiger partial charge in [-0.15, -0.1) is 0 Å². The van der Waals surface area contributed by atoms with Crippen molar-refractivity contribution >= 4 is 18.0 Å². The minimum atomic E-state index is -1.42. The van der Waals surface area contributed by atoms with Crippen LogP contribution in [0.15, 0.2) is 36.9 Å². The van der Waals surface area contributed by atoms with E-state index in [2.05, 4.69) is 11.9 Å². The van der Waals surface area contributed by atoms with E-state index in [9.17, 15) is 24.6 Å². The van der Waals surface area contributed by atoms with Gasteiger partial charge in [-0.3, -0.25) is 4.79 Å². The van der Waals surface area contributed by atoms with Gasteiger partial charge in [0.1, 0.15) is 30.7 Å². The molecule has 0 spiro atoms. The Kier molecular flexibility index (Phi) is 9.14.